The Morgan fingerprint density at radius 2 is 2.03 bits per heavy atom. The van der Waals surface area contributed by atoms with Crippen molar-refractivity contribution in [3.05, 3.63) is 60.3 Å². The van der Waals surface area contributed by atoms with Crippen LogP contribution in [0.4, 0.5) is 25.1 Å². The molecule has 0 saturated carbocycles. The molecule has 3 aromatic rings. The number of nitrogens with zero attached hydrogens (tertiary/aromatic N) is 5. The number of benzene rings is 1. The van der Waals surface area contributed by atoms with Crippen molar-refractivity contribution in [1.29, 1.82) is 0 Å². The van der Waals surface area contributed by atoms with Crippen LogP contribution in [0.5, 0.6) is 0 Å². The summed E-state index contributed by atoms with van der Waals surface area (Å²) in [5.74, 6) is 0.0335. The lowest BCUT2D eigenvalue weighted by atomic mass is 10.0. The number of nitrogens with one attached hydrogen (secondary N) is 1. The van der Waals surface area contributed by atoms with Crippen molar-refractivity contribution < 1.29 is 13.6 Å². The van der Waals surface area contributed by atoms with Crippen molar-refractivity contribution >= 4 is 40.1 Å². The number of rotatable bonds is 3. The number of anilines is 2. The zero-order chi connectivity index (χ0) is 23.2. The lowest BCUT2D eigenvalue weighted by Gasteiger charge is -2.33. The molecule has 2 aliphatic rings. The van der Waals surface area contributed by atoms with Gasteiger partial charge in [-0.2, -0.15) is 5.10 Å². The van der Waals surface area contributed by atoms with E-state index in [-0.39, 0.29) is 18.6 Å². The number of urea groups is 1. The van der Waals surface area contributed by atoms with Crippen LogP contribution in [0.3, 0.4) is 0 Å². The number of pyridine rings is 1. The number of carbonyl (C=O) groups is 1. The summed E-state index contributed by atoms with van der Waals surface area (Å²) in [5, 5.41) is 7.31. The number of hydrogen-bond acceptors (Lipinski definition) is 4. The molecule has 2 aliphatic heterocycles. The molecule has 4 heterocycles. The third kappa shape index (κ3) is 4.28. The Bertz CT molecular complexity index is 1200. The zero-order valence-corrected chi connectivity index (χ0v) is 20.2. The average molecular weight is 564 g/mol. The van der Waals surface area contributed by atoms with Gasteiger partial charge in [-0.15, -0.1) is 0 Å². The smallest absolute Gasteiger partial charge is 0.322 e. The fourth-order valence-corrected chi connectivity index (χ4v) is 5.15. The van der Waals surface area contributed by atoms with E-state index in [0.717, 1.165) is 5.69 Å². The van der Waals surface area contributed by atoms with E-state index < -0.39 is 9.49 Å². The first-order valence-corrected chi connectivity index (χ1v) is 11.9. The summed E-state index contributed by atoms with van der Waals surface area (Å²) in [6.07, 6.45) is 3.64. The summed E-state index contributed by atoms with van der Waals surface area (Å²) in [4.78, 5) is 21.4. The summed E-state index contributed by atoms with van der Waals surface area (Å²) in [6, 6.07) is 9.67. The van der Waals surface area contributed by atoms with Crippen molar-refractivity contribution in [2.45, 2.75) is 29.6 Å². The van der Waals surface area contributed by atoms with Gasteiger partial charge < -0.3 is 15.1 Å². The van der Waals surface area contributed by atoms with Gasteiger partial charge in [-0.05, 0) is 47.7 Å². The molecule has 7 nitrogen and oxygen atoms in total. The van der Waals surface area contributed by atoms with Crippen LogP contribution in [0.1, 0.15) is 25.1 Å². The van der Waals surface area contributed by atoms with Gasteiger partial charge in [0, 0.05) is 43.0 Å². The highest BCUT2D eigenvalue weighted by atomic mass is 127. The molecule has 2 amide bonds. The van der Waals surface area contributed by atoms with Gasteiger partial charge >= 0.3 is 6.03 Å². The summed E-state index contributed by atoms with van der Waals surface area (Å²) in [5.41, 5.74) is 2.18. The van der Waals surface area contributed by atoms with E-state index in [2.05, 4.69) is 15.4 Å². The van der Waals surface area contributed by atoms with Crippen molar-refractivity contribution in [1.82, 2.24) is 19.7 Å². The topological polar surface area (TPSA) is 66.3 Å². The van der Waals surface area contributed by atoms with E-state index >= 15 is 0 Å². The minimum Gasteiger partial charge on any atom is -0.351 e. The highest BCUT2D eigenvalue weighted by Crippen LogP contribution is 2.41. The van der Waals surface area contributed by atoms with Crippen molar-refractivity contribution in [2.24, 2.45) is 0 Å². The third-order valence-corrected chi connectivity index (χ3v) is 6.97. The second-order valence-corrected chi connectivity index (χ2v) is 10.4. The molecule has 5 rings (SSSR count). The Kier molecular flexibility index (Phi) is 5.71. The normalized spacial score (nSPS) is 22.4. The number of halogens is 3. The van der Waals surface area contributed by atoms with E-state index in [1.807, 2.05) is 40.3 Å². The molecular formula is C23H23F2IN6O. The quantitative estimate of drug-likeness (QED) is 0.359. The molecule has 1 N–H and O–H groups in total. The molecule has 0 radical (unpaired) electrons. The minimum absolute atomic E-state index is 0.0265. The van der Waals surface area contributed by atoms with Crippen molar-refractivity contribution in [3.63, 3.8) is 0 Å². The van der Waals surface area contributed by atoms with Gasteiger partial charge in [-0.1, -0.05) is 18.2 Å². The first-order valence-electron chi connectivity index (χ1n) is 10.8. The average Bonchev–Trinajstić information content (AvgIpc) is 3.40. The maximum atomic E-state index is 14.7. The summed E-state index contributed by atoms with van der Waals surface area (Å²) >= 11 is 1.81. The van der Waals surface area contributed by atoms with E-state index in [0.29, 0.717) is 48.7 Å². The zero-order valence-electron chi connectivity index (χ0n) is 18.0. The fraction of sp³-hybridized carbons (Fsp3) is 0.348. The minimum atomic E-state index is -1.38. The van der Waals surface area contributed by atoms with Gasteiger partial charge in [0.15, 0.2) is 9.49 Å². The van der Waals surface area contributed by atoms with Gasteiger partial charge in [0.1, 0.15) is 5.82 Å². The van der Waals surface area contributed by atoms with Crippen LogP contribution >= 0.6 is 22.6 Å². The van der Waals surface area contributed by atoms with Gasteiger partial charge in [0.2, 0.25) is 0 Å². The Morgan fingerprint density at radius 3 is 2.79 bits per heavy atom. The predicted octanol–water partition coefficient (Wildman–Crippen LogP) is 5.00. The maximum absolute atomic E-state index is 14.7. The number of aromatic nitrogens is 3. The summed E-state index contributed by atoms with van der Waals surface area (Å²) in [6.45, 7) is 3.49. The highest BCUT2D eigenvalue weighted by Gasteiger charge is 2.38. The number of carbonyl (C=O) groups excluding carboxylic acids is 1. The SMILES string of the molecule is CC1CN(C(=O)Nc2c(-c3ccccc3F)ccnc2N2CCC(F)(I)C2)Cc2ccnn21. The Morgan fingerprint density at radius 1 is 1.21 bits per heavy atom. The summed E-state index contributed by atoms with van der Waals surface area (Å²) in [7, 11) is 0. The standard InChI is InChI=1S/C23H23F2IN6O/c1-15-12-31(13-16-6-10-28-32(15)16)22(33)29-20-18(17-4-2-3-5-19(17)24)7-9-27-21(20)30-11-8-23(25,26)14-30/h2-7,9-10,15H,8,11-14H2,1H3,(H,29,33). The van der Waals surface area contributed by atoms with Gasteiger partial charge in [0.05, 0.1) is 30.5 Å². The first-order chi connectivity index (χ1) is 15.8. The third-order valence-electron chi connectivity index (χ3n) is 6.09. The van der Waals surface area contributed by atoms with E-state index in [1.165, 1.54) is 6.07 Å². The van der Waals surface area contributed by atoms with Crippen LogP contribution in [-0.4, -0.2) is 49.0 Å². The molecule has 33 heavy (non-hydrogen) atoms. The maximum Gasteiger partial charge on any atom is 0.322 e. The molecule has 2 unspecified atom stereocenters. The number of amides is 2. The van der Waals surface area contributed by atoms with Crippen LogP contribution in [0.25, 0.3) is 11.1 Å². The molecule has 172 valence electrons. The molecule has 10 heteroatoms. The van der Waals surface area contributed by atoms with E-state index in [1.54, 1.807) is 46.5 Å². The lowest BCUT2D eigenvalue weighted by molar-refractivity contribution is 0.181. The lowest BCUT2D eigenvalue weighted by Crippen LogP contribution is -2.42. The van der Waals surface area contributed by atoms with E-state index in [9.17, 15) is 13.6 Å². The molecule has 0 bridgehead atoms. The highest BCUT2D eigenvalue weighted by molar-refractivity contribution is 14.1. The molecule has 2 atom stereocenters. The van der Waals surface area contributed by atoms with Crippen molar-refractivity contribution in [3.8, 4) is 11.1 Å². The van der Waals surface area contributed by atoms with Gasteiger partial charge in [-0.25, -0.2) is 18.6 Å². The van der Waals surface area contributed by atoms with Crippen LogP contribution in [0.2, 0.25) is 0 Å². The first kappa shape index (κ1) is 22.1. The largest absolute Gasteiger partial charge is 0.351 e. The molecule has 1 aromatic carbocycles. The predicted molar refractivity (Wildman–Crippen MR) is 131 cm³/mol. The fourth-order valence-electron chi connectivity index (χ4n) is 4.50. The molecule has 1 saturated heterocycles. The number of hydrogen-bond donors (Lipinski definition) is 1. The molecule has 0 spiro atoms. The van der Waals surface area contributed by atoms with Crippen LogP contribution < -0.4 is 10.2 Å². The second kappa shape index (κ2) is 8.54. The number of fused-ring (bicyclic) bond motifs is 1. The molecule has 1 fully saturated rings. The van der Waals surface area contributed by atoms with Crippen molar-refractivity contribution in [2.75, 3.05) is 29.9 Å². The number of alkyl halides is 2. The van der Waals surface area contributed by atoms with E-state index in [4.69, 9.17) is 0 Å². The molecule has 0 aliphatic carbocycles. The van der Waals surface area contributed by atoms with Gasteiger partial charge in [0.25, 0.3) is 0 Å². The van der Waals surface area contributed by atoms with Crippen LogP contribution in [0.15, 0.2) is 48.8 Å². The molecular weight excluding hydrogens is 541 g/mol. The Labute approximate surface area is 203 Å². The molecule has 2 aromatic heterocycles. The monoisotopic (exact) mass is 564 g/mol. The second-order valence-electron chi connectivity index (χ2n) is 8.49. The Hall–Kier alpha value is -2.76. The van der Waals surface area contributed by atoms with Crippen LogP contribution in [-0.2, 0) is 6.54 Å². The summed E-state index contributed by atoms with van der Waals surface area (Å²) < 4.78 is 29.9. The Balaban J connectivity index is 1.52. The van der Waals surface area contributed by atoms with Crippen LogP contribution in [0, 0.1) is 5.82 Å². The van der Waals surface area contributed by atoms with Gasteiger partial charge in [-0.3, -0.25) is 4.68 Å².